The predicted octanol–water partition coefficient (Wildman–Crippen LogP) is 2.40. The molecule has 0 fully saturated rings. The molecule has 0 aliphatic rings. The van der Waals surface area contributed by atoms with E-state index in [1.165, 1.54) is 0 Å². The standard InChI is InChI=1S/C20H24N2O4/c1-2-25-18-11-9-16(10-12-18)20(24)22-15-19(23)21-13-6-14-26-17-7-4-3-5-8-17/h3-5,7-12H,2,6,13-15H2,1H3,(H,21,23)(H,22,24). The van der Waals surface area contributed by atoms with Crippen molar-refractivity contribution >= 4 is 11.8 Å². The number of carbonyl (C=O) groups is 2. The first-order valence-corrected chi connectivity index (χ1v) is 8.64. The molecule has 2 N–H and O–H groups in total. The van der Waals surface area contributed by atoms with Crippen molar-refractivity contribution in [3.05, 3.63) is 60.2 Å². The van der Waals surface area contributed by atoms with Crippen LogP contribution in [0.15, 0.2) is 54.6 Å². The fourth-order valence-corrected chi connectivity index (χ4v) is 2.20. The zero-order chi connectivity index (χ0) is 18.6. The van der Waals surface area contributed by atoms with E-state index in [0.717, 1.165) is 5.75 Å². The van der Waals surface area contributed by atoms with Crippen LogP contribution in [0.2, 0.25) is 0 Å². The molecule has 0 radical (unpaired) electrons. The number of nitrogens with one attached hydrogen (secondary N) is 2. The van der Waals surface area contributed by atoms with Crippen LogP contribution in [-0.4, -0.2) is 38.1 Å². The summed E-state index contributed by atoms with van der Waals surface area (Å²) in [6.07, 6.45) is 0.688. The van der Waals surface area contributed by atoms with Gasteiger partial charge in [-0.3, -0.25) is 9.59 Å². The molecule has 0 bridgehead atoms. The van der Waals surface area contributed by atoms with Gasteiger partial charge in [-0.2, -0.15) is 0 Å². The van der Waals surface area contributed by atoms with Gasteiger partial charge >= 0.3 is 0 Å². The molecule has 0 aromatic heterocycles. The molecule has 0 saturated carbocycles. The van der Waals surface area contributed by atoms with E-state index < -0.39 is 0 Å². The van der Waals surface area contributed by atoms with Crippen molar-refractivity contribution in [2.24, 2.45) is 0 Å². The van der Waals surface area contributed by atoms with E-state index in [-0.39, 0.29) is 18.4 Å². The molecule has 0 atom stereocenters. The maximum atomic E-state index is 12.0. The van der Waals surface area contributed by atoms with Crippen LogP contribution in [0.4, 0.5) is 0 Å². The average molecular weight is 356 g/mol. The zero-order valence-corrected chi connectivity index (χ0v) is 14.9. The summed E-state index contributed by atoms with van der Waals surface area (Å²) in [5.74, 6) is 0.987. The summed E-state index contributed by atoms with van der Waals surface area (Å²) in [4.78, 5) is 23.8. The minimum Gasteiger partial charge on any atom is -0.494 e. The predicted molar refractivity (Wildman–Crippen MR) is 99.5 cm³/mol. The molecular weight excluding hydrogens is 332 g/mol. The van der Waals surface area contributed by atoms with E-state index in [4.69, 9.17) is 9.47 Å². The lowest BCUT2D eigenvalue weighted by atomic mass is 10.2. The smallest absolute Gasteiger partial charge is 0.251 e. The highest BCUT2D eigenvalue weighted by atomic mass is 16.5. The van der Waals surface area contributed by atoms with E-state index in [2.05, 4.69) is 10.6 Å². The minimum absolute atomic E-state index is 0.0639. The lowest BCUT2D eigenvalue weighted by Gasteiger charge is -2.09. The number of carbonyl (C=O) groups excluding carboxylic acids is 2. The molecule has 2 amide bonds. The number of ether oxygens (including phenoxy) is 2. The Kier molecular flexibility index (Phi) is 7.99. The molecule has 6 nitrogen and oxygen atoms in total. The number of hydrogen-bond donors (Lipinski definition) is 2. The average Bonchev–Trinajstić information content (AvgIpc) is 2.67. The molecule has 2 rings (SSSR count). The van der Waals surface area contributed by atoms with Crippen LogP contribution in [0.1, 0.15) is 23.7 Å². The minimum atomic E-state index is -0.296. The third-order valence-electron chi connectivity index (χ3n) is 3.49. The van der Waals surface area contributed by atoms with Crippen LogP contribution in [0.5, 0.6) is 11.5 Å². The summed E-state index contributed by atoms with van der Waals surface area (Å²) >= 11 is 0. The largest absolute Gasteiger partial charge is 0.494 e. The molecule has 0 saturated heterocycles. The highest BCUT2D eigenvalue weighted by Crippen LogP contribution is 2.11. The summed E-state index contributed by atoms with van der Waals surface area (Å²) in [6.45, 7) is 3.41. The fraction of sp³-hybridized carbons (Fsp3) is 0.300. The second-order valence-electron chi connectivity index (χ2n) is 5.51. The molecule has 0 aliphatic carbocycles. The molecule has 138 valence electrons. The van der Waals surface area contributed by atoms with Crippen LogP contribution in [0.25, 0.3) is 0 Å². The summed E-state index contributed by atoms with van der Waals surface area (Å²) in [5.41, 5.74) is 0.484. The molecular formula is C20H24N2O4. The van der Waals surface area contributed by atoms with E-state index in [0.29, 0.717) is 37.5 Å². The van der Waals surface area contributed by atoms with Gasteiger partial charge in [0.15, 0.2) is 0 Å². The molecule has 0 heterocycles. The maximum absolute atomic E-state index is 12.0. The molecule has 0 spiro atoms. The fourth-order valence-electron chi connectivity index (χ4n) is 2.20. The van der Waals surface area contributed by atoms with Gasteiger partial charge in [0.05, 0.1) is 19.8 Å². The molecule has 26 heavy (non-hydrogen) atoms. The van der Waals surface area contributed by atoms with Gasteiger partial charge in [-0.15, -0.1) is 0 Å². The highest BCUT2D eigenvalue weighted by Gasteiger charge is 2.08. The van der Waals surface area contributed by atoms with E-state index in [9.17, 15) is 9.59 Å². The highest BCUT2D eigenvalue weighted by molar-refractivity contribution is 5.96. The van der Waals surface area contributed by atoms with E-state index in [1.807, 2.05) is 37.3 Å². The second-order valence-corrected chi connectivity index (χ2v) is 5.51. The van der Waals surface area contributed by atoms with Crippen molar-refractivity contribution in [2.45, 2.75) is 13.3 Å². The zero-order valence-electron chi connectivity index (χ0n) is 14.9. The molecule has 0 unspecified atom stereocenters. The Morgan fingerprint density at radius 1 is 0.885 bits per heavy atom. The Hall–Kier alpha value is -3.02. The summed E-state index contributed by atoms with van der Waals surface area (Å²) in [7, 11) is 0. The monoisotopic (exact) mass is 356 g/mol. The van der Waals surface area contributed by atoms with Gasteiger partial charge in [0, 0.05) is 12.1 Å². The maximum Gasteiger partial charge on any atom is 0.251 e. The SMILES string of the molecule is CCOc1ccc(C(=O)NCC(=O)NCCCOc2ccccc2)cc1. The quantitative estimate of drug-likeness (QED) is 0.641. The number of rotatable bonds is 10. The summed E-state index contributed by atoms with van der Waals surface area (Å²) < 4.78 is 10.9. The van der Waals surface area contributed by atoms with E-state index in [1.54, 1.807) is 24.3 Å². The van der Waals surface area contributed by atoms with Gasteiger partial charge in [0.1, 0.15) is 11.5 Å². The van der Waals surface area contributed by atoms with Crippen molar-refractivity contribution in [1.29, 1.82) is 0 Å². The number of amides is 2. The Bertz CT molecular complexity index is 687. The Morgan fingerprint density at radius 3 is 2.27 bits per heavy atom. The molecule has 6 heteroatoms. The first kappa shape index (κ1) is 19.3. The van der Waals surface area contributed by atoms with E-state index >= 15 is 0 Å². The molecule has 2 aromatic carbocycles. The van der Waals surface area contributed by atoms with Crippen molar-refractivity contribution in [3.63, 3.8) is 0 Å². The van der Waals surface area contributed by atoms with Crippen molar-refractivity contribution in [1.82, 2.24) is 10.6 Å². The first-order valence-electron chi connectivity index (χ1n) is 8.64. The van der Waals surface area contributed by atoms with Gasteiger partial charge in [-0.25, -0.2) is 0 Å². The van der Waals surface area contributed by atoms with Gasteiger partial charge in [-0.05, 0) is 49.7 Å². The normalized spacial score (nSPS) is 10.0. The van der Waals surface area contributed by atoms with Crippen molar-refractivity contribution < 1.29 is 19.1 Å². The Balaban J connectivity index is 1.59. The van der Waals surface area contributed by atoms with Crippen molar-refractivity contribution in [2.75, 3.05) is 26.3 Å². The lowest BCUT2D eigenvalue weighted by molar-refractivity contribution is -0.120. The van der Waals surface area contributed by atoms with Crippen LogP contribution >= 0.6 is 0 Å². The van der Waals surface area contributed by atoms with Gasteiger partial charge in [0.25, 0.3) is 5.91 Å². The third kappa shape index (κ3) is 6.84. The topological polar surface area (TPSA) is 76.7 Å². The lowest BCUT2D eigenvalue weighted by Crippen LogP contribution is -2.37. The van der Waals surface area contributed by atoms with Crippen LogP contribution in [0, 0.1) is 0 Å². The molecule has 0 aliphatic heterocycles. The van der Waals surface area contributed by atoms with Crippen LogP contribution in [-0.2, 0) is 4.79 Å². The number of hydrogen-bond acceptors (Lipinski definition) is 4. The third-order valence-corrected chi connectivity index (χ3v) is 3.49. The Labute approximate surface area is 153 Å². The number of benzene rings is 2. The first-order chi connectivity index (χ1) is 12.7. The van der Waals surface area contributed by atoms with Crippen LogP contribution < -0.4 is 20.1 Å². The molecule has 2 aromatic rings. The summed E-state index contributed by atoms with van der Waals surface area (Å²) in [6, 6.07) is 16.3. The van der Waals surface area contributed by atoms with Gasteiger partial charge < -0.3 is 20.1 Å². The number of para-hydroxylation sites is 1. The van der Waals surface area contributed by atoms with Gasteiger partial charge in [0.2, 0.25) is 5.91 Å². The van der Waals surface area contributed by atoms with Crippen molar-refractivity contribution in [3.8, 4) is 11.5 Å². The Morgan fingerprint density at radius 2 is 1.58 bits per heavy atom. The second kappa shape index (κ2) is 10.8. The van der Waals surface area contributed by atoms with Crippen LogP contribution in [0.3, 0.4) is 0 Å². The van der Waals surface area contributed by atoms with Gasteiger partial charge in [-0.1, -0.05) is 18.2 Å². The summed E-state index contributed by atoms with van der Waals surface area (Å²) in [5, 5.41) is 5.34.